The predicted molar refractivity (Wildman–Crippen MR) is 119 cm³/mol. The third-order valence-electron chi connectivity index (χ3n) is 5.44. The summed E-state index contributed by atoms with van der Waals surface area (Å²) in [5.41, 5.74) is 0. The van der Waals surface area contributed by atoms with Gasteiger partial charge in [0.25, 0.3) is 0 Å². The zero-order chi connectivity index (χ0) is 19.5. The Labute approximate surface area is 166 Å². The van der Waals surface area contributed by atoms with Crippen molar-refractivity contribution in [2.45, 2.75) is 148 Å². The van der Waals surface area contributed by atoms with Crippen molar-refractivity contribution in [1.29, 1.82) is 0 Å². The molecular weight excluding hydrogens is 336 g/mol. The predicted octanol–water partition coefficient (Wildman–Crippen LogP) is 8.20. The maximum Gasteiger partial charge on any atom is 0.190 e. The van der Waals surface area contributed by atoms with Gasteiger partial charge in [0.1, 0.15) is 6.29 Å². The van der Waals surface area contributed by atoms with Crippen LogP contribution in [0.2, 0.25) is 19.1 Å². The molecule has 0 aromatic carbocycles. The lowest BCUT2D eigenvalue weighted by molar-refractivity contribution is -0.0267. The van der Waals surface area contributed by atoms with Gasteiger partial charge in [-0.2, -0.15) is 0 Å². The molecule has 0 aromatic heterocycles. The van der Waals surface area contributed by atoms with Crippen LogP contribution in [-0.2, 0) is 4.43 Å². The van der Waals surface area contributed by atoms with Gasteiger partial charge in [-0.3, -0.25) is 0 Å². The van der Waals surface area contributed by atoms with Crippen LogP contribution in [-0.4, -0.2) is 19.7 Å². The molecule has 3 heteroatoms. The minimum absolute atomic E-state index is 0.544. The third kappa shape index (κ3) is 18.9. The monoisotopic (exact) mass is 386 g/mol. The highest BCUT2D eigenvalue weighted by molar-refractivity contribution is 6.71. The largest absolute Gasteiger partial charge is 0.393 e. The van der Waals surface area contributed by atoms with Crippen LogP contribution in [0.3, 0.4) is 0 Å². The number of rotatable bonds is 20. The number of hydrogen-bond acceptors (Lipinski definition) is 2. The summed E-state index contributed by atoms with van der Waals surface area (Å²) in [4.78, 5) is 0. The fraction of sp³-hybridized carbons (Fsp3) is 1.00. The van der Waals surface area contributed by atoms with Crippen molar-refractivity contribution >= 4 is 8.32 Å². The van der Waals surface area contributed by atoms with Gasteiger partial charge in [-0.05, 0) is 25.6 Å². The summed E-state index contributed by atoms with van der Waals surface area (Å²) in [7, 11) is -1.64. The van der Waals surface area contributed by atoms with Crippen molar-refractivity contribution in [2.75, 3.05) is 0 Å². The molecule has 0 amide bonds. The van der Waals surface area contributed by atoms with Gasteiger partial charge < -0.3 is 9.53 Å². The molecular formula is C23H50O2Si. The molecule has 0 saturated carbocycles. The Morgan fingerprint density at radius 1 is 0.615 bits per heavy atom. The van der Waals surface area contributed by atoms with Crippen LogP contribution in [0.25, 0.3) is 0 Å². The van der Waals surface area contributed by atoms with E-state index in [0.717, 1.165) is 0 Å². The van der Waals surface area contributed by atoms with Crippen LogP contribution in [0.1, 0.15) is 123 Å². The molecule has 0 aliphatic rings. The zero-order valence-electron chi connectivity index (χ0n) is 18.7. The van der Waals surface area contributed by atoms with Gasteiger partial charge in [-0.25, -0.2) is 0 Å². The lowest BCUT2D eigenvalue weighted by Gasteiger charge is -2.25. The van der Waals surface area contributed by atoms with Gasteiger partial charge in [0.05, 0.1) is 0 Å². The van der Waals surface area contributed by atoms with Gasteiger partial charge in [-0.1, -0.05) is 117 Å². The molecule has 158 valence electrons. The summed E-state index contributed by atoms with van der Waals surface area (Å²) in [6.45, 7) is 8.73. The Morgan fingerprint density at radius 2 is 0.962 bits per heavy atom. The van der Waals surface area contributed by atoms with Gasteiger partial charge in [0.15, 0.2) is 8.32 Å². The van der Waals surface area contributed by atoms with E-state index >= 15 is 0 Å². The number of aliphatic hydroxyl groups is 1. The molecule has 0 saturated heterocycles. The molecule has 0 fully saturated rings. The van der Waals surface area contributed by atoms with Crippen molar-refractivity contribution in [2.24, 2.45) is 0 Å². The first kappa shape index (κ1) is 26.1. The van der Waals surface area contributed by atoms with Crippen molar-refractivity contribution in [1.82, 2.24) is 0 Å². The highest BCUT2D eigenvalue weighted by Gasteiger charge is 2.24. The quantitative estimate of drug-likeness (QED) is 0.130. The molecule has 0 aliphatic heterocycles. The number of unbranched alkanes of at least 4 members (excludes halogenated alkanes) is 15. The molecule has 1 atom stereocenters. The molecule has 0 rings (SSSR count). The standard InChI is InChI=1S/C23H50O2Si/c1-5-7-8-9-10-11-12-13-14-15-16-17-18-19-20-21-22-26(3,4)25-23(24)6-2/h23-24H,5-22H2,1-4H3. The Bertz CT molecular complexity index is 281. The highest BCUT2D eigenvalue weighted by atomic mass is 28.4. The molecule has 1 unspecified atom stereocenters. The van der Waals surface area contributed by atoms with Crippen molar-refractivity contribution < 1.29 is 9.53 Å². The first-order valence-electron chi connectivity index (χ1n) is 11.9. The molecule has 0 aliphatic carbocycles. The Balaban J connectivity index is 3.22. The van der Waals surface area contributed by atoms with Crippen molar-refractivity contribution in [3.05, 3.63) is 0 Å². The zero-order valence-corrected chi connectivity index (χ0v) is 19.7. The van der Waals surface area contributed by atoms with E-state index in [9.17, 15) is 5.11 Å². The third-order valence-corrected chi connectivity index (χ3v) is 7.90. The van der Waals surface area contributed by atoms with E-state index < -0.39 is 14.6 Å². The Morgan fingerprint density at radius 3 is 1.31 bits per heavy atom. The first-order valence-corrected chi connectivity index (χ1v) is 15.0. The fourth-order valence-corrected chi connectivity index (χ4v) is 5.73. The SMILES string of the molecule is CCCCCCCCCCCCCCCCCC[Si](C)(C)OC(O)CC. The second-order valence-corrected chi connectivity index (χ2v) is 13.0. The molecule has 0 spiro atoms. The van der Waals surface area contributed by atoms with Crippen LogP contribution in [0, 0.1) is 0 Å². The van der Waals surface area contributed by atoms with Gasteiger partial charge in [-0.15, -0.1) is 0 Å². The second-order valence-electron chi connectivity index (χ2n) is 8.79. The van der Waals surface area contributed by atoms with E-state index in [1.54, 1.807) is 0 Å². The fourth-order valence-electron chi connectivity index (χ4n) is 3.61. The molecule has 1 N–H and O–H groups in total. The van der Waals surface area contributed by atoms with Crippen molar-refractivity contribution in [3.63, 3.8) is 0 Å². The summed E-state index contributed by atoms with van der Waals surface area (Å²) in [5, 5.41) is 9.64. The molecule has 26 heavy (non-hydrogen) atoms. The Kier molecular flexibility index (Phi) is 18.6. The average Bonchev–Trinajstić information content (AvgIpc) is 2.60. The number of aliphatic hydroxyl groups excluding tert-OH is 1. The summed E-state index contributed by atoms with van der Waals surface area (Å²) in [6, 6.07) is 1.18. The molecule has 0 radical (unpaired) electrons. The molecule has 2 nitrogen and oxygen atoms in total. The van der Waals surface area contributed by atoms with E-state index in [0.29, 0.717) is 6.42 Å². The summed E-state index contributed by atoms with van der Waals surface area (Å²) in [6.07, 6.45) is 22.8. The van der Waals surface area contributed by atoms with Crippen LogP contribution >= 0.6 is 0 Å². The maximum atomic E-state index is 9.64. The lowest BCUT2D eigenvalue weighted by Crippen LogP contribution is -2.35. The smallest absolute Gasteiger partial charge is 0.190 e. The first-order chi connectivity index (χ1) is 12.5. The molecule has 0 aromatic rings. The van der Waals surface area contributed by atoms with Crippen LogP contribution in [0.5, 0.6) is 0 Å². The van der Waals surface area contributed by atoms with Gasteiger partial charge in [0.2, 0.25) is 0 Å². The van der Waals surface area contributed by atoms with E-state index in [1.165, 1.54) is 109 Å². The second kappa shape index (κ2) is 18.5. The van der Waals surface area contributed by atoms with E-state index in [4.69, 9.17) is 4.43 Å². The average molecular weight is 387 g/mol. The maximum absolute atomic E-state index is 9.64. The number of hydrogen-bond donors (Lipinski definition) is 1. The minimum atomic E-state index is -1.64. The topological polar surface area (TPSA) is 29.5 Å². The van der Waals surface area contributed by atoms with Crippen LogP contribution in [0.4, 0.5) is 0 Å². The molecule has 0 bridgehead atoms. The summed E-state index contributed by atoms with van der Waals surface area (Å²) >= 11 is 0. The minimum Gasteiger partial charge on any atom is -0.393 e. The van der Waals surface area contributed by atoms with Gasteiger partial charge in [0, 0.05) is 0 Å². The normalized spacial score (nSPS) is 13.3. The van der Waals surface area contributed by atoms with Crippen LogP contribution in [0.15, 0.2) is 0 Å². The van der Waals surface area contributed by atoms with E-state index in [2.05, 4.69) is 20.0 Å². The van der Waals surface area contributed by atoms with Crippen LogP contribution < -0.4 is 0 Å². The van der Waals surface area contributed by atoms with Gasteiger partial charge >= 0.3 is 0 Å². The Hall–Kier alpha value is 0.137. The summed E-state index contributed by atoms with van der Waals surface area (Å²) in [5.74, 6) is 0. The highest BCUT2D eigenvalue weighted by Crippen LogP contribution is 2.19. The van der Waals surface area contributed by atoms with E-state index in [-0.39, 0.29) is 0 Å². The van der Waals surface area contributed by atoms with Crippen molar-refractivity contribution in [3.8, 4) is 0 Å². The lowest BCUT2D eigenvalue weighted by atomic mass is 10.0. The molecule has 0 heterocycles. The van der Waals surface area contributed by atoms with E-state index in [1.807, 2.05) is 6.92 Å². The summed E-state index contributed by atoms with van der Waals surface area (Å²) < 4.78 is 5.81.